The Morgan fingerprint density at radius 1 is 0.913 bits per heavy atom. The molecular formula is C26H31N5O13P2. The van der Waals surface area contributed by atoms with Crippen LogP contribution in [0.1, 0.15) is 12.6 Å². The van der Waals surface area contributed by atoms with E-state index in [2.05, 4.69) is 14.9 Å². The first-order chi connectivity index (χ1) is 21.9. The van der Waals surface area contributed by atoms with Crippen molar-refractivity contribution in [3.8, 4) is 0 Å². The summed E-state index contributed by atoms with van der Waals surface area (Å²) in [4.78, 5) is 72.5. The molecule has 0 aliphatic carbocycles. The van der Waals surface area contributed by atoms with Crippen LogP contribution in [-0.2, 0) is 32.2 Å². The van der Waals surface area contributed by atoms with Gasteiger partial charge in [0.05, 0.1) is 12.8 Å². The van der Waals surface area contributed by atoms with Crippen LogP contribution in [0.4, 0.5) is 21.0 Å². The van der Waals surface area contributed by atoms with Gasteiger partial charge in [-0.2, -0.15) is 0 Å². The molecule has 0 bridgehead atoms. The molecule has 0 saturated carbocycles. The van der Waals surface area contributed by atoms with Crippen LogP contribution in [0, 0.1) is 0 Å². The topological polar surface area (TPSA) is 260 Å². The number of nitrogens with one attached hydrogen (secondary N) is 3. The van der Waals surface area contributed by atoms with Crippen LogP contribution in [0.25, 0.3) is 0 Å². The third-order valence-electron chi connectivity index (χ3n) is 6.21. The predicted molar refractivity (Wildman–Crippen MR) is 161 cm³/mol. The van der Waals surface area contributed by atoms with Crippen LogP contribution >= 0.6 is 15.4 Å². The van der Waals surface area contributed by atoms with Crippen LogP contribution in [0.2, 0.25) is 0 Å². The maximum absolute atomic E-state index is 13.0. The summed E-state index contributed by atoms with van der Waals surface area (Å²) in [5.74, 6) is 0. The van der Waals surface area contributed by atoms with Crippen LogP contribution in [0.15, 0.2) is 82.5 Å². The molecule has 1 saturated heterocycles. The van der Waals surface area contributed by atoms with Crippen molar-refractivity contribution in [3.63, 3.8) is 0 Å². The Morgan fingerprint density at radius 2 is 1.48 bits per heavy atom. The van der Waals surface area contributed by atoms with E-state index in [1.807, 2.05) is 4.98 Å². The van der Waals surface area contributed by atoms with E-state index in [1.54, 1.807) is 60.7 Å². The fourth-order valence-corrected chi connectivity index (χ4v) is 6.95. The lowest BCUT2D eigenvalue weighted by Gasteiger charge is -2.25. The Bertz CT molecular complexity index is 1710. The largest absolute Gasteiger partial charge is 0.479 e. The first-order valence-corrected chi connectivity index (χ1v) is 16.8. The van der Waals surface area contributed by atoms with E-state index in [4.69, 9.17) is 24.5 Å². The highest BCUT2D eigenvalue weighted by atomic mass is 31.3. The number of H-pyrrole nitrogens is 1. The third kappa shape index (κ3) is 9.94. The van der Waals surface area contributed by atoms with Crippen molar-refractivity contribution in [2.75, 3.05) is 29.9 Å². The van der Waals surface area contributed by atoms with E-state index in [0.29, 0.717) is 11.4 Å². The summed E-state index contributed by atoms with van der Waals surface area (Å²) < 4.78 is 52.0. The molecule has 46 heavy (non-hydrogen) atoms. The maximum Gasteiger partial charge on any atom is 0.479 e. The highest BCUT2D eigenvalue weighted by Gasteiger charge is 2.52. The molecule has 0 radical (unpaired) electrons. The molecule has 2 heterocycles. The van der Waals surface area contributed by atoms with Crippen molar-refractivity contribution in [3.05, 3.63) is 93.8 Å². The summed E-state index contributed by atoms with van der Waals surface area (Å²) in [6.07, 6.45) is -8.10. The summed E-state index contributed by atoms with van der Waals surface area (Å²) in [6, 6.07) is 17.1. The molecule has 1 aromatic heterocycles. The highest BCUT2D eigenvalue weighted by Crippen LogP contribution is 2.60. The maximum atomic E-state index is 13.0. The van der Waals surface area contributed by atoms with Crippen molar-refractivity contribution in [2.24, 2.45) is 5.73 Å². The number of carbonyl (C=O) groups is 2. The Morgan fingerprint density at radius 3 is 2.02 bits per heavy atom. The average molecular weight is 684 g/mol. The minimum absolute atomic E-state index is 0.00557. The zero-order valence-corrected chi connectivity index (χ0v) is 25.7. The van der Waals surface area contributed by atoms with Crippen molar-refractivity contribution >= 4 is 39.0 Å². The van der Waals surface area contributed by atoms with Crippen molar-refractivity contribution < 1.29 is 51.6 Å². The van der Waals surface area contributed by atoms with E-state index < -0.39 is 76.2 Å². The third-order valence-corrected chi connectivity index (χ3v) is 9.42. The number of hydrogen-bond donors (Lipinski definition) is 6. The molecule has 0 spiro atoms. The number of carbonyl (C=O) groups excluding carboxylic acids is 2. The van der Waals surface area contributed by atoms with Crippen LogP contribution in [-0.4, -0.2) is 69.1 Å². The van der Waals surface area contributed by atoms with Gasteiger partial charge in [0.1, 0.15) is 6.10 Å². The standard InChI is InChI=1S/C26H31N5O13P2/c27-13-7-15-45(36,37)44-46(38,39)40-16-19-21(42-25(34)28-17-8-3-1-4-9-17)22(43-26(35)29-18-10-5-2-6-11-18)23(41-19)31-14-12-20(32)30-24(31)33/h1-6,8-12,14,19,21-23H,7,13,15-16,27H2,(H,28,34)(H,29,35)(H,36,37)(H,38,39)(H,30,32,33)/t19-,21-,22-,23-/m1/s1. The lowest BCUT2D eigenvalue weighted by Crippen LogP contribution is -2.44. The molecule has 6 atom stereocenters. The SMILES string of the molecule is NCCCP(=O)(O)OP(=O)(O)OC[C@H]1O[C@@H](n2ccc(=O)[nH]c2=O)[C@H](OC(=O)Nc2ccccc2)[C@@H]1OC(=O)Nc1ccccc1. The summed E-state index contributed by atoms with van der Waals surface area (Å²) in [5.41, 5.74) is 4.20. The van der Waals surface area contributed by atoms with Gasteiger partial charge in [-0.1, -0.05) is 36.4 Å². The second kappa shape index (κ2) is 15.4. The lowest BCUT2D eigenvalue weighted by atomic mass is 10.1. The number of hydrogen-bond acceptors (Lipinski definition) is 12. The Labute approximate surface area is 260 Å². The lowest BCUT2D eigenvalue weighted by molar-refractivity contribution is -0.0552. The van der Waals surface area contributed by atoms with Gasteiger partial charge in [-0.3, -0.25) is 34.1 Å². The zero-order chi connectivity index (χ0) is 33.3. The fourth-order valence-electron chi connectivity index (χ4n) is 4.23. The second-order valence-corrected chi connectivity index (χ2v) is 13.2. The number of phosphoric ester groups is 1. The van der Waals surface area contributed by atoms with Crippen molar-refractivity contribution in [2.45, 2.75) is 31.0 Å². The smallest absolute Gasteiger partial charge is 0.439 e. The molecule has 7 N–H and O–H groups in total. The molecule has 248 valence electrons. The van der Waals surface area contributed by atoms with Gasteiger partial charge in [-0.15, -0.1) is 0 Å². The zero-order valence-electron chi connectivity index (χ0n) is 23.9. The number of nitrogens with two attached hydrogens (primary N) is 1. The quantitative estimate of drug-likeness (QED) is 0.141. The summed E-state index contributed by atoms with van der Waals surface area (Å²) in [5, 5.41) is 4.93. The van der Waals surface area contributed by atoms with Gasteiger partial charge in [0, 0.05) is 23.6 Å². The van der Waals surface area contributed by atoms with Gasteiger partial charge >= 0.3 is 33.3 Å². The molecule has 18 nitrogen and oxygen atoms in total. The summed E-state index contributed by atoms with van der Waals surface area (Å²) in [6.45, 7) is -0.933. The number of phosphoric acid groups is 1. The number of aromatic nitrogens is 2. The van der Waals surface area contributed by atoms with E-state index in [9.17, 15) is 38.1 Å². The number of benzene rings is 2. The number of nitrogens with zero attached hydrogens (tertiary/aromatic N) is 1. The number of aromatic amines is 1. The van der Waals surface area contributed by atoms with E-state index in [1.165, 1.54) is 0 Å². The Balaban J connectivity index is 1.64. The van der Waals surface area contributed by atoms with Gasteiger partial charge in [-0.05, 0) is 37.2 Å². The molecule has 3 aromatic rings. The number of amides is 2. The molecule has 1 aliphatic heterocycles. The first-order valence-electron chi connectivity index (χ1n) is 13.6. The number of anilines is 2. The van der Waals surface area contributed by atoms with Gasteiger partial charge in [0.15, 0.2) is 18.4 Å². The Kier molecular flexibility index (Phi) is 11.7. The minimum Gasteiger partial charge on any atom is -0.439 e. The van der Waals surface area contributed by atoms with Crippen LogP contribution in [0.3, 0.4) is 0 Å². The molecule has 4 rings (SSSR count). The highest BCUT2D eigenvalue weighted by molar-refractivity contribution is 7.64. The van der Waals surface area contributed by atoms with E-state index >= 15 is 0 Å². The van der Waals surface area contributed by atoms with E-state index in [0.717, 1.165) is 16.8 Å². The molecule has 2 aromatic carbocycles. The molecular weight excluding hydrogens is 652 g/mol. The number of para-hydroxylation sites is 2. The molecule has 2 unspecified atom stereocenters. The predicted octanol–water partition coefficient (Wildman–Crippen LogP) is 2.34. The fraction of sp³-hybridized carbons (Fsp3) is 0.308. The van der Waals surface area contributed by atoms with Crippen molar-refractivity contribution in [1.29, 1.82) is 0 Å². The monoisotopic (exact) mass is 683 g/mol. The van der Waals surface area contributed by atoms with Gasteiger partial charge in [0.2, 0.25) is 0 Å². The molecule has 1 aliphatic rings. The second-order valence-electron chi connectivity index (χ2n) is 9.65. The molecule has 20 heteroatoms. The van der Waals surface area contributed by atoms with Gasteiger partial charge in [0.25, 0.3) is 5.56 Å². The average Bonchev–Trinajstić information content (AvgIpc) is 3.31. The number of ether oxygens (including phenoxy) is 3. The summed E-state index contributed by atoms with van der Waals surface area (Å²) >= 11 is 0. The first kappa shape index (κ1) is 34.7. The van der Waals surface area contributed by atoms with Crippen molar-refractivity contribution in [1.82, 2.24) is 9.55 Å². The summed E-state index contributed by atoms with van der Waals surface area (Å²) in [7, 11) is -9.86. The molecule has 1 fully saturated rings. The normalized spacial score (nSPS) is 21.8. The van der Waals surface area contributed by atoms with E-state index in [-0.39, 0.29) is 13.0 Å². The minimum atomic E-state index is -5.25. The number of rotatable bonds is 13. The van der Waals surface area contributed by atoms with Crippen LogP contribution in [0.5, 0.6) is 0 Å². The molecule has 2 amide bonds. The Hall–Kier alpha value is -4.12. The van der Waals surface area contributed by atoms with Gasteiger partial charge in [-0.25, -0.2) is 23.3 Å². The van der Waals surface area contributed by atoms with Gasteiger partial charge < -0.3 is 29.7 Å². The van der Waals surface area contributed by atoms with Crippen LogP contribution < -0.4 is 27.6 Å².